The zero-order valence-electron chi connectivity index (χ0n) is 15.5. The molecule has 0 radical (unpaired) electrons. The van der Waals surface area contributed by atoms with Crippen LogP contribution in [0.1, 0.15) is 22.2 Å². The van der Waals surface area contributed by atoms with Gasteiger partial charge in [-0.25, -0.2) is 9.78 Å². The van der Waals surface area contributed by atoms with Crippen LogP contribution in [0.3, 0.4) is 0 Å². The summed E-state index contributed by atoms with van der Waals surface area (Å²) < 4.78 is 4.57. The summed E-state index contributed by atoms with van der Waals surface area (Å²) in [5, 5.41) is 0. The number of aromatic nitrogens is 4. The van der Waals surface area contributed by atoms with Crippen molar-refractivity contribution in [2.45, 2.75) is 26.6 Å². The predicted molar refractivity (Wildman–Crippen MR) is 113 cm³/mol. The van der Waals surface area contributed by atoms with Crippen LogP contribution in [0, 0.1) is 0 Å². The van der Waals surface area contributed by atoms with Crippen LogP contribution < -0.4 is 11.2 Å². The molecule has 0 spiro atoms. The van der Waals surface area contributed by atoms with Gasteiger partial charge in [-0.3, -0.25) is 18.7 Å². The highest BCUT2D eigenvalue weighted by atomic mass is 35.5. The molecule has 0 saturated carbocycles. The van der Waals surface area contributed by atoms with Gasteiger partial charge in [0.1, 0.15) is 0 Å². The summed E-state index contributed by atoms with van der Waals surface area (Å²) in [5.41, 5.74) is 0.422. The van der Waals surface area contributed by atoms with Gasteiger partial charge < -0.3 is 4.57 Å². The molecule has 148 valence electrons. The first-order chi connectivity index (χ1) is 14.0. The largest absolute Gasteiger partial charge is 0.333 e. The third-order valence-electron chi connectivity index (χ3n) is 4.66. The molecule has 7 nitrogen and oxygen atoms in total. The molecule has 1 aromatic carbocycles. The number of carbonyl (C=O) groups excluding carboxylic acids is 1. The fourth-order valence-corrected chi connectivity index (χ4v) is 4.19. The van der Waals surface area contributed by atoms with E-state index in [2.05, 4.69) is 4.98 Å². The minimum Gasteiger partial charge on any atom is -0.325 e. The van der Waals surface area contributed by atoms with E-state index in [1.54, 1.807) is 16.7 Å². The van der Waals surface area contributed by atoms with Crippen molar-refractivity contribution in [2.24, 2.45) is 0 Å². The first-order valence-corrected chi connectivity index (χ1v) is 10.2. The molecule has 3 heterocycles. The Labute approximate surface area is 174 Å². The van der Waals surface area contributed by atoms with Crippen molar-refractivity contribution in [3.05, 3.63) is 84.4 Å². The summed E-state index contributed by atoms with van der Waals surface area (Å²) in [6.45, 7) is 2.30. The minimum absolute atomic E-state index is 0.246. The number of rotatable bonds is 6. The average Bonchev–Trinajstić information content (AvgIpc) is 3.35. The Morgan fingerprint density at radius 1 is 1.10 bits per heavy atom. The van der Waals surface area contributed by atoms with Gasteiger partial charge in [0.15, 0.2) is 16.9 Å². The summed E-state index contributed by atoms with van der Waals surface area (Å²) in [4.78, 5) is 43.6. The predicted octanol–water partition coefficient (Wildman–Crippen LogP) is 3.03. The Hall–Kier alpha value is -2.97. The number of hydrogen-bond donors (Lipinski definition) is 0. The van der Waals surface area contributed by atoms with Crippen molar-refractivity contribution >= 4 is 39.9 Å². The van der Waals surface area contributed by atoms with Crippen LogP contribution in [0.15, 0.2) is 58.4 Å². The third-order valence-corrected chi connectivity index (χ3v) is 5.93. The Balaban J connectivity index is 1.88. The van der Waals surface area contributed by atoms with Crippen LogP contribution in [0.2, 0.25) is 4.34 Å². The maximum absolute atomic E-state index is 13.2. The van der Waals surface area contributed by atoms with Crippen molar-refractivity contribution in [3.63, 3.8) is 0 Å². The van der Waals surface area contributed by atoms with Gasteiger partial charge in [0.2, 0.25) is 0 Å². The molecule has 3 aromatic heterocycles. The number of imidazole rings is 1. The molecule has 29 heavy (non-hydrogen) atoms. The van der Waals surface area contributed by atoms with Gasteiger partial charge >= 0.3 is 5.69 Å². The number of Topliss-reactive ketones (excluding diaryl/α,β-unsaturated/α-hetero) is 1. The summed E-state index contributed by atoms with van der Waals surface area (Å²) in [5.74, 6) is -0.339. The Morgan fingerprint density at radius 3 is 2.52 bits per heavy atom. The lowest BCUT2D eigenvalue weighted by Gasteiger charge is -2.12. The van der Waals surface area contributed by atoms with Crippen LogP contribution in [-0.2, 0) is 19.6 Å². The van der Waals surface area contributed by atoms with Crippen LogP contribution in [-0.4, -0.2) is 24.5 Å². The molecule has 0 amide bonds. The molecule has 0 aliphatic carbocycles. The number of hydrogen-bond acceptors (Lipinski definition) is 5. The van der Waals surface area contributed by atoms with E-state index in [1.807, 2.05) is 37.3 Å². The third kappa shape index (κ3) is 3.56. The molecule has 0 unspecified atom stereocenters. The fourth-order valence-electron chi connectivity index (χ4n) is 3.21. The van der Waals surface area contributed by atoms with Gasteiger partial charge in [0.05, 0.1) is 28.6 Å². The van der Waals surface area contributed by atoms with Crippen molar-refractivity contribution in [2.75, 3.05) is 0 Å². The Kier molecular flexibility index (Phi) is 5.21. The summed E-state index contributed by atoms with van der Waals surface area (Å²) in [7, 11) is 0. The van der Waals surface area contributed by atoms with E-state index in [-0.39, 0.29) is 18.9 Å². The number of benzene rings is 1. The molecular formula is C20H17ClN4O3S. The quantitative estimate of drug-likeness (QED) is 0.442. The molecule has 0 bridgehead atoms. The maximum Gasteiger partial charge on any atom is 0.333 e. The normalized spacial score (nSPS) is 11.2. The number of aryl methyl sites for hydroxylation is 1. The van der Waals surface area contributed by atoms with E-state index in [4.69, 9.17) is 11.6 Å². The van der Waals surface area contributed by atoms with Gasteiger partial charge in [-0.2, -0.15) is 0 Å². The smallest absolute Gasteiger partial charge is 0.325 e. The number of nitrogens with zero attached hydrogens (tertiary/aromatic N) is 4. The van der Waals surface area contributed by atoms with Crippen molar-refractivity contribution in [1.82, 2.24) is 18.7 Å². The summed E-state index contributed by atoms with van der Waals surface area (Å²) in [6.07, 6.45) is 1.54. The average molecular weight is 429 g/mol. The number of thiophene rings is 1. The van der Waals surface area contributed by atoms with E-state index in [1.165, 1.54) is 10.9 Å². The topological polar surface area (TPSA) is 78.9 Å². The SMILES string of the molecule is CCn1cnc2c1c(=O)n(CC(=O)c1ccc(Cl)s1)c(=O)n2Cc1ccccc1. The van der Waals surface area contributed by atoms with Gasteiger partial charge in [-0.15, -0.1) is 11.3 Å². The van der Waals surface area contributed by atoms with E-state index in [0.29, 0.717) is 26.9 Å². The first-order valence-electron chi connectivity index (χ1n) is 9.00. The van der Waals surface area contributed by atoms with E-state index < -0.39 is 11.2 Å². The molecule has 0 N–H and O–H groups in total. The van der Waals surface area contributed by atoms with E-state index in [0.717, 1.165) is 21.5 Å². The molecule has 0 saturated heterocycles. The fraction of sp³-hybridized carbons (Fsp3) is 0.200. The van der Waals surface area contributed by atoms with Crippen molar-refractivity contribution in [1.29, 1.82) is 0 Å². The summed E-state index contributed by atoms with van der Waals surface area (Å²) >= 11 is 7.03. The number of halogens is 1. The van der Waals surface area contributed by atoms with Crippen molar-refractivity contribution in [3.8, 4) is 0 Å². The standard InChI is InChI=1S/C20H17ClN4O3S/c1-2-23-12-22-18-17(23)19(27)25(11-14(26)15-8-9-16(21)29-15)20(28)24(18)10-13-6-4-3-5-7-13/h3-9,12H,2,10-11H2,1H3. The number of fused-ring (bicyclic) bond motifs is 1. The van der Waals surface area contributed by atoms with E-state index >= 15 is 0 Å². The molecule has 0 fully saturated rings. The highest BCUT2D eigenvalue weighted by Gasteiger charge is 2.20. The van der Waals surface area contributed by atoms with Gasteiger partial charge in [-0.05, 0) is 24.6 Å². The van der Waals surface area contributed by atoms with E-state index in [9.17, 15) is 14.4 Å². The summed E-state index contributed by atoms with van der Waals surface area (Å²) in [6, 6.07) is 12.6. The van der Waals surface area contributed by atoms with Gasteiger partial charge in [0.25, 0.3) is 5.56 Å². The molecule has 0 aliphatic rings. The first kappa shape index (κ1) is 19.4. The molecule has 9 heteroatoms. The molecule has 0 atom stereocenters. The highest BCUT2D eigenvalue weighted by molar-refractivity contribution is 7.18. The van der Waals surface area contributed by atoms with Crippen LogP contribution in [0.25, 0.3) is 11.2 Å². The van der Waals surface area contributed by atoms with Crippen LogP contribution in [0.5, 0.6) is 0 Å². The lowest BCUT2D eigenvalue weighted by Crippen LogP contribution is -2.42. The molecule has 4 aromatic rings. The minimum atomic E-state index is -0.566. The van der Waals surface area contributed by atoms with Gasteiger partial charge in [-0.1, -0.05) is 41.9 Å². The lowest BCUT2D eigenvalue weighted by atomic mass is 10.2. The zero-order chi connectivity index (χ0) is 20.5. The molecule has 4 rings (SSSR count). The number of ketones is 1. The second kappa shape index (κ2) is 7.81. The molecule has 0 aliphatic heterocycles. The zero-order valence-corrected chi connectivity index (χ0v) is 17.1. The van der Waals surface area contributed by atoms with Crippen LogP contribution in [0.4, 0.5) is 0 Å². The van der Waals surface area contributed by atoms with Crippen LogP contribution >= 0.6 is 22.9 Å². The Morgan fingerprint density at radius 2 is 1.86 bits per heavy atom. The highest BCUT2D eigenvalue weighted by Crippen LogP contribution is 2.22. The molecular weight excluding hydrogens is 412 g/mol. The second-order valence-corrected chi connectivity index (χ2v) is 8.19. The van der Waals surface area contributed by atoms with Crippen molar-refractivity contribution < 1.29 is 4.79 Å². The maximum atomic E-state index is 13.2. The number of carbonyl (C=O) groups is 1. The Bertz CT molecular complexity index is 1320. The monoisotopic (exact) mass is 428 g/mol. The van der Waals surface area contributed by atoms with Gasteiger partial charge in [0, 0.05) is 6.54 Å². The lowest BCUT2D eigenvalue weighted by molar-refractivity contribution is 0.0972. The second-order valence-electron chi connectivity index (χ2n) is 6.48.